The van der Waals surface area contributed by atoms with Gasteiger partial charge in [-0.1, -0.05) is 26.2 Å². The highest BCUT2D eigenvalue weighted by Gasteiger charge is 2.39. The Morgan fingerprint density at radius 2 is 2.21 bits per heavy atom. The second-order valence-electron chi connectivity index (χ2n) is 4.61. The third-order valence-corrected chi connectivity index (χ3v) is 3.64. The number of nitrogens with one attached hydrogen (secondary N) is 1. The summed E-state index contributed by atoms with van der Waals surface area (Å²) in [7, 11) is 2.05. The fourth-order valence-electron chi connectivity index (χ4n) is 2.55. The zero-order chi connectivity index (χ0) is 10.4. The van der Waals surface area contributed by atoms with Crippen LogP contribution in [0.25, 0.3) is 0 Å². The lowest BCUT2D eigenvalue weighted by atomic mass is 9.77. The molecule has 2 unspecified atom stereocenters. The van der Waals surface area contributed by atoms with Crippen molar-refractivity contribution in [2.45, 2.75) is 52.1 Å². The van der Waals surface area contributed by atoms with Crippen molar-refractivity contribution in [1.82, 2.24) is 5.32 Å². The first-order valence-electron chi connectivity index (χ1n) is 6.01. The predicted molar refractivity (Wildman–Crippen MR) is 60.5 cm³/mol. The molecule has 1 N–H and O–H groups in total. The van der Waals surface area contributed by atoms with Crippen LogP contribution in [0.3, 0.4) is 0 Å². The van der Waals surface area contributed by atoms with Gasteiger partial charge in [-0.25, -0.2) is 0 Å². The first-order valence-corrected chi connectivity index (χ1v) is 6.01. The lowest BCUT2D eigenvalue weighted by Crippen LogP contribution is -2.38. The van der Waals surface area contributed by atoms with Gasteiger partial charge in [-0.15, -0.1) is 0 Å². The van der Waals surface area contributed by atoms with Gasteiger partial charge in [0, 0.05) is 18.6 Å². The standard InChI is InChI=1S/C12H25NO/c1-4-5-6-7-12(10-13-3)8-9-14-11(12)2/h11,13H,4-10H2,1-3H3. The van der Waals surface area contributed by atoms with Crippen LogP contribution < -0.4 is 5.32 Å². The van der Waals surface area contributed by atoms with E-state index in [0.29, 0.717) is 11.5 Å². The summed E-state index contributed by atoms with van der Waals surface area (Å²) >= 11 is 0. The van der Waals surface area contributed by atoms with Crippen molar-refractivity contribution in [3.63, 3.8) is 0 Å². The van der Waals surface area contributed by atoms with Crippen LogP contribution >= 0.6 is 0 Å². The van der Waals surface area contributed by atoms with Crippen LogP contribution in [-0.4, -0.2) is 26.3 Å². The van der Waals surface area contributed by atoms with E-state index in [9.17, 15) is 0 Å². The summed E-state index contributed by atoms with van der Waals surface area (Å²) in [6.07, 6.45) is 7.02. The highest BCUT2D eigenvalue weighted by atomic mass is 16.5. The maximum Gasteiger partial charge on any atom is 0.0616 e. The van der Waals surface area contributed by atoms with E-state index >= 15 is 0 Å². The van der Waals surface area contributed by atoms with Gasteiger partial charge in [-0.05, 0) is 26.8 Å². The summed E-state index contributed by atoms with van der Waals surface area (Å²) in [5.41, 5.74) is 0.421. The molecule has 0 saturated carbocycles. The topological polar surface area (TPSA) is 21.3 Å². The molecule has 1 saturated heterocycles. The van der Waals surface area contributed by atoms with Gasteiger partial charge in [0.15, 0.2) is 0 Å². The van der Waals surface area contributed by atoms with Gasteiger partial charge in [0.05, 0.1) is 6.10 Å². The van der Waals surface area contributed by atoms with E-state index in [1.54, 1.807) is 0 Å². The molecule has 0 amide bonds. The Bertz CT molecular complexity index is 160. The maximum absolute atomic E-state index is 5.71. The largest absolute Gasteiger partial charge is 0.378 e. The van der Waals surface area contributed by atoms with Crippen molar-refractivity contribution >= 4 is 0 Å². The van der Waals surface area contributed by atoms with Gasteiger partial charge in [0.25, 0.3) is 0 Å². The summed E-state index contributed by atoms with van der Waals surface area (Å²) in [5.74, 6) is 0. The van der Waals surface area contributed by atoms with Crippen molar-refractivity contribution in [3.05, 3.63) is 0 Å². The van der Waals surface area contributed by atoms with E-state index in [4.69, 9.17) is 4.74 Å². The summed E-state index contributed by atoms with van der Waals surface area (Å²) in [6, 6.07) is 0. The Hall–Kier alpha value is -0.0800. The van der Waals surface area contributed by atoms with E-state index in [2.05, 4.69) is 19.2 Å². The van der Waals surface area contributed by atoms with E-state index in [1.165, 1.54) is 32.1 Å². The molecule has 1 aliphatic rings. The summed E-state index contributed by atoms with van der Waals surface area (Å²) in [4.78, 5) is 0. The average Bonchev–Trinajstić information content (AvgIpc) is 2.50. The van der Waals surface area contributed by atoms with Gasteiger partial charge < -0.3 is 10.1 Å². The lowest BCUT2D eigenvalue weighted by Gasteiger charge is -2.32. The van der Waals surface area contributed by atoms with Crippen LogP contribution in [-0.2, 0) is 4.74 Å². The third-order valence-electron chi connectivity index (χ3n) is 3.64. The van der Waals surface area contributed by atoms with Crippen LogP contribution in [0.5, 0.6) is 0 Å². The fourth-order valence-corrected chi connectivity index (χ4v) is 2.55. The molecule has 0 aromatic heterocycles. The molecule has 2 heteroatoms. The Morgan fingerprint density at radius 3 is 2.71 bits per heavy atom. The smallest absolute Gasteiger partial charge is 0.0616 e. The zero-order valence-corrected chi connectivity index (χ0v) is 9.94. The molecular formula is C12H25NO. The molecule has 0 spiro atoms. The average molecular weight is 199 g/mol. The highest BCUT2D eigenvalue weighted by molar-refractivity contribution is 4.90. The fraction of sp³-hybridized carbons (Fsp3) is 1.00. The van der Waals surface area contributed by atoms with Crippen molar-refractivity contribution in [2.24, 2.45) is 5.41 Å². The van der Waals surface area contributed by atoms with Crippen molar-refractivity contribution in [1.29, 1.82) is 0 Å². The molecular weight excluding hydrogens is 174 g/mol. The molecule has 1 heterocycles. The van der Waals surface area contributed by atoms with Crippen LogP contribution in [0.15, 0.2) is 0 Å². The van der Waals surface area contributed by atoms with Gasteiger partial charge in [0.1, 0.15) is 0 Å². The maximum atomic E-state index is 5.71. The van der Waals surface area contributed by atoms with Crippen LogP contribution in [0, 0.1) is 5.41 Å². The Labute approximate surface area is 88.4 Å². The molecule has 0 radical (unpaired) electrons. The number of rotatable bonds is 6. The third kappa shape index (κ3) is 2.71. The minimum Gasteiger partial charge on any atom is -0.378 e. The number of hydrogen-bond donors (Lipinski definition) is 1. The molecule has 1 fully saturated rings. The number of hydrogen-bond acceptors (Lipinski definition) is 2. The normalized spacial score (nSPS) is 32.4. The van der Waals surface area contributed by atoms with Crippen molar-refractivity contribution in [2.75, 3.05) is 20.2 Å². The Balaban J connectivity index is 2.44. The van der Waals surface area contributed by atoms with Gasteiger partial charge in [-0.3, -0.25) is 0 Å². The van der Waals surface area contributed by atoms with Crippen LogP contribution in [0.1, 0.15) is 46.0 Å². The summed E-state index contributed by atoms with van der Waals surface area (Å²) in [5, 5.41) is 3.33. The summed E-state index contributed by atoms with van der Waals surface area (Å²) < 4.78 is 5.71. The van der Waals surface area contributed by atoms with Gasteiger partial charge in [-0.2, -0.15) is 0 Å². The van der Waals surface area contributed by atoms with Crippen LogP contribution in [0.2, 0.25) is 0 Å². The Kier molecular flexibility index (Phi) is 4.90. The molecule has 1 aliphatic heterocycles. The first-order chi connectivity index (χ1) is 6.75. The van der Waals surface area contributed by atoms with Gasteiger partial charge in [0.2, 0.25) is 0 Å². The van der Waals surface area contributed by atoms with E-state index < -0.39 is 0 Å². The molecule has 1 rings (SSSR count). The zero-order valence-electron chi connectivity index (χ0n) is 9.94. The quantitative estimate of drug-likeness (QED) is 0.664. The molecule has 0 aromatic carbocycles. The van der Waals surface area contributed by atoms with E-state index in [0.717, 1.165) is 13.2 Å². The predicted octanol–water partition coefficient (Wildman–Crippen LogP) is 2.58. The van der Waals surface area contributed by atoms with Crippen molar-refractivity contribution in [3.8, 4) is 0 Å². The Morgan fingerprint density at radius 1 is 1.43 bits per heavy atom. The molecule has 14 heavy (non-hydrogen) atoms. The molecule has 2 atom stereocenters. The molecule has 0 bridgehead atoms. The SMILES string of the molecule is CCCCCC1(CNC)CCOC1C. The van der Waals surface area contributed by atoms with E-state index in [1.807, 2.05) is 7.05 Å². The second kappa shape index (κ2) is 5.72. The number of ether oxygens (including phenoxy) is 1. The first kappa shape index (κ1) is 12.0. The molecule has 0 aliphatic carbocycles. The summed E-state index contributed by atoms with van der Waals surface area (Å²) in [6.45, 7) is 6.56. The molecule has 2 nitrogen and oxygen atoms in total. The van der Waals surface area contributed by atoms with Gasteiger partial charge >= 0.3 is 0 Å². The second-order valence-corrected chi connectivity index (χ2v) is 4.61. The molecule has 0 aromatic rings. The minimum atomic E-state index is 0.421. The lowest BCUT2D eigenvalue weighted by molar-refractivity contribution is 0.0581. The monoisotopic (exact) mass is 199 g/mol. The van der Waals surface area contributed by atoms with Crippen LogP contribution in [0.4, 0.5) is 0 Å². The van der Waals surface area contributed by atoms with Crippen molar-refractivity contribution < 1.29 is 4.74 Å². The highest BCUT2D eigenvalue weighted by Crippen LogP contribution is 2.39. The minimum absolute atomic E-state index is 0.421. The van der Waals surface area contributed by atoms with E-state index in [-0.39, 0.29) is 0 Å². The molecule has 84 valence electrons. The number of unbranched alkanes of at least 4 members (excludes halogenated alkanes) is 2.